The van der Waals surface area contributed by atoms with Crippen LogP contribution < -0.4 is 5.32 Å². The van der Waals surface area contributed by atoms with E-state index >= 15 is 0 Å². The van der Waals surface area contributed by atoms with Crippen LogP contribution in [0.4, 0.5) is 0 Å². The third-order valence-electron chi connectivity index (χ3n) is 3.55. The Bertz CT molecular complexity index is 326. The zero-order chi connectivity index (χ0) is 15.2. The smallest absolute Gasteiger partial charge is 0.320 e. The summed E-state index contributed by atoms with van der Waals surface area (Å²) in [4.78, 5) is 30.7. The Hall–Kier alpha value is -1.63. The topological polar surface area (TPSA) is 124 Å². The Kier molecular flexibility index (Phi) is 6.47. The summed E-state index contributed by atoms with van der Waals surface area (Å²) in [6.07, 6.45) is 1.60. The molecule has 1 saturated heterocycles. The molecule has 110 valence electrons. The fraction of sp³-hybridized carbons (Fsp3) is 0.750. The molecule has 0 aromatic carbocycles. The van der Waals surface area contributed by atoms with Crippen molar-refractivity contribution in [3.63, 3.8) is 0 Å². The molecule has 1 fully saturated rings. The standard InChI is InChI=1S/C7H14O2.C5H7NO4/c1-4-7(3,5-2)6(8)9;7-4(8)2-1-3(6-2)5(9)10/h4-5H2,1-3H3,(H,8,9);2-3,6H,1H2,(H,7,8)(H,9,10)/t;2-,3-/m.1/s1. The van der Waals surface area contributed by atoms with E-state index < -0.39 is 35.4 Å². The summed E-state index contributed by atoms with van der Waals surface area (Å²) in [5.41, 5.74) is -0.500. The molecule has 1 rings (SSSR count). The Morgan fingerprint density at radius 2 is 1.37 bits per heavy atom. The van der Waals surface area contributed by atoms with Crippen molar-refractivity contribution in [2.24, 2.45) is 5.41 Å². The lowest BCUT2D eigenvalue weighted by atomic mass is 9.85. The lowest BCUT2D eigenvalue weighted by molar-refractivity contribution is -0.149. The lowest BCUT2D eigenvalue weighted by Crippen LogP contribution is -2.59. The predicted octanol–water partition coefficient (Wildman–Crippen LogP) is 0.783. The Labute approximate surface area is 111 Å². The number of carboxylic acid groups (broad SMARTS) is 3. The number of rotatable bonds is 5. The largest absolute Gasteiger partial charge is 0.481 e. The van der Waals surface area contributed by atoms with Gasteiger partial charge in [-0.15, -0.1) is 0 Å². The van der Waals surface area contributed by atoms with Gasteiger partial charge in [0.2, 0.25) is 0 Å². The van der Waals surface area contributed by atoms with Gasteiger partial charge >= 0.3 is 17.9 Å². The Balaban J connectivity index is 0.000000344. The van der Waals surface area contributed by atoms with E-state index in [1.165, 1.54) is 0 Å². The van der Waals surface area contributed by atoms with Crippen LogP contribution in [0.5, 0.6) is 0 Å². The third-order valence-corrected chi connectivity index (χ3v) is 3.55. The predicted molar refractivity (Wildman–Crippen MR) is 66.9 cm³/mol. The van der Waals surface area contributed by atoms with Crippen LogP contribution in [-0.4, -0.2) is 45.3 Å². The van der Waals surface area contributed by atoms with Crippen molar-refractivity contribution < 1.29 is 29.7 Å². The van der Waals surface area contributed by atoms with E-state index in [-0.39, 0.29) is 6.42 Å². The van der Waals surface area contributed by atoms with Crippen LogP contribution in [-0.2, 0) is 14.4 Å². The molecule has 0 aromatic rings. The number of carboxylic acids is 3. The summed E-state index contributed by atoms with van der Waals surface area (Å²) in [6, 6.07) is -1.33. The SMILES string of the molecule is CCC(C)(CC)C(=O)O.O=C(O)[C@H]1C[C@H](C(=O)O)N1. The van der Waals surface area contributed by atoms with E-state index in [4.69, 9.17) is 15.3 Å². The van der Waals surface area contributed by atoms with Gasteiger partial charge in [-0.3, -0.25) is 19.7 Å². The molecule has 0 saturated carbocycles. The Morgan fingerprint density at radius 1 is 1.05 bits per heavy atom. The molecule has 0 aliphatic carbocycles. The van der Waals surface area contributed by atoms with Crippen LogP contribution in [0, 0.1) is 5.41 Å². The highest BCUT2D eigenvalue weighted by Crippen LogP contribution is 2.24. The summed E-state index contributed by atoms with van der Waals surface area (Å²) in [6.45, 7) is 5.57. The van der Waals surface area contributed by atoms with Gasteiger partial charge in [-0.05, 0) is 26.2 Å². The van der Waals surface area contributed by atoms with E-state index in [2.05, 4.69) is 5.32 Å². The van der Waals surface area contributed by atoms with E-state index in [0.717, 1.165) is 0 Å². The van der Waals surface area contributed by atoms with Crippen molar-refractivity contribution in [2.75, 3.05) is 0 Å². The van der Waals surface area contributed by atoms with Crippen molar-refractivity contribution in [2.45, 2.75) is 52.1 Å². The molecular weight excluding hydrogens is 254 g/mol. The summed E-state index contributed by atoms with van der Waals surface area (Å²) < 4.78 is 0. The number of nitrogens with one attached hydrogen (secondary N) is 1. The zero-order valence-corrected chi connectivity index (χ0v) is 11.3. The molecule has 1 aliphatic heterocycles. The fourth-order valence-electron chi connectivity index (χ4n) is 1.35. The van der Waals surface area contributed by atoms with Gasteiger partial charge in [-0.2, -0.15) is 0 Å². The van der Waals surface area contributed by atoms with Crippen LogP contribution in [0.1, 0.15) is 40.0 Å². The van der Waals surface area contributed by atoms with E-state index in [1.54, 1.807) is 6.92 Å². The fourth-order valence-corrected chi connectivity index (χ4v) is 1.35. The average molecular weight is 275 g/mol. The highest BCUT2D eigenvalue weighted by atomic mass is 16.4. The maximum absolute atomic E-state index is 10.5. The monoisotopic (exact) mass is 275 g/mol. The van der Waals surface area contributed by atoms with E-state index in [1.807, 2.05) is 13.8 Å². The second-order valence-corrected chi connectivity index (χ2v) is 4.76. The molecule has 0 radical (unpaired) electrons. The van der Waals surface area contributed by atoms with Gasteiger partial charge in [0.15, 0.2) is 0 Å². The zero-order valence-electron chi connectivity index (χ0n) is 11.3. The molecule has 4 N–H and O–H groups in total. The molecule has 0 unspecified atom stereocenters. The lowest BCUT2D eigenvalue weighted by Gasteiger charge is -2.30. The molecule has 7 nitrogen and oxygen atoms in total. The van der Waals surface area contributed by atoms with Gasteiger partial charge in [-0.1, -0.05) is 13.8 Å². The van der Waals surface area contributed by atoms with Gasteiger partial charge in [0.1, 0.15) is 12.1 Å². The van der Waals surface area contributed by atoms with Crippen LogP contribution in [0.3, 0.4) is 0 Å². The molecule has 0 amide bonds. The van der Waals surface area contributed by atoms with Crippen LogP contribution in [0.2, 0.25) is 0 Å². The van der Waals surface area contributed by atoms with Crippen molar-refractivity contribution in [1.82, 2.24) is 5.32 Å². The molecule has 7 heteroatoms. The highest BCUT2D eigenvalue weighted by Gasteiger charge is 2.37. The first kappa shape index (κ1) is 17.4. The van der Waals surface area contributed by atoms with Gasteiger partial charge in [0.25, 0.3) is 0 Å². The van der Waals surface area contributed by atoms with Crippen LogP contribution in [0.25, 0.3) is 0 Å². The van der Waals surface area contributed by atoms with Gasteiger partial charge in [-0.25, -0.2) is 0 Å². The summed E-state index contributed by atoms with van der Waals surface area (Å²) in [7, 11) is 0. The first-order valence-corrected chi connectivity index (χ1v) is 6.13. The maximum Gasteiger partial charge on any atom is 0.320 e. The second-order valence-electron chi connectivity index (χ2n) is 4.76. The van der Waals surface area contributed by atoms with Crippen molar-refractivity contribution >= 4 is 17.9 Å². The van der Waals surface area contributed by atoms with Gasteiger partial charge in [0.05, 0.1) is 5.41 Å². The average Bonchev–Trinajstić information content (AvgIpc) is 2.25. The second kappa shape index (κ2) is 7.08. The van der Waals surface area contributed by atoms with Crippen molar-refractivity contribution in [3.8, 4) is 0 Å². The summed E-state index contributed by atoms with van der Waals surface area (Å²) in [5, 5.41) is 27.6. The molecule has 0 spiro atoms. The highest BCUT2D eigenvalue weighted by molar-refractivity contribution is 5.82. The minimum atomic E-state index is -0.988. The molecule has 0 aromatic heterocycles. The number of aliphatic carboxylic acids is 3. The summed E-state index contributed by atoms with van der Waals surface area (Å²) >= 11 is 0. The van der Waals surface area contributed by atoms with E-state index in [0.29, 0.717) is 12.8 Å². The van der Waals surface area contributed by atoms with Crippen molar-refractivity contribution in [1.29, 1.82) is 0 Å². The molecule has 2 atom stereocenters. The molecule has 1 heterocycles. The van der Waals surface area contributed by atoms with Crippen LogP contribution in [0.15, 0.2) is 0 Å². The first-order valence-electron chi connectivity index (χ1n) is 6.13. The third kappa shape index (κ3) is 4.86. The molecule has 0 bridgehead atoms. The van der Waals surface area contributed by atoms with Gasteiger partial charge < -0.3 is 15.3 Å². The first-order chi connectivity index (χ1) is 8.67. The van der Waals surface area contributed by atoms with E-state index in [9.17, 15) is 14.4 Å². The maximum atomic E-state index is 10.5. The minimum Gasteiger partial charge on any atom is -0.481 e. The number of hydrogen-bond donors (Lipinski definition) is 4. The van der Waals surface area contributed by atoms with Gasteiger partial charge in [0, 0.05) is 0 Å². The molecule has 1 aliphatic rings. The normalized spacial score (nSPS) is 21.6. The number of hydrogen-bond acceptors (Lipinski definition) is 4. The van der Waals surface area contributed by atoms with Crippen LogP contribution >= 0.6 is 0 Å². The Morgan fingerprint density at radius 3 is 1.47 bits per heavy atom. The summed E-state index contributed by atoms with van der Waals surface area (Å²) in [5.74, 6) is -2.66. The number of carbonyl (C=O) groups is 3. The molecular formula is C12H21NO6. The van der Waals surface area contributed by atoms with Crippen molar-refractivity contribution in [3.05, 3.63) is 0 Å². The minimum absolute atomic E-state index is 0.185. The molecule has 19 heavy (non-hydrogen) atoms. The quantitative estimate of drug-likeness (QED) is 0.584.